The maximum atomic E-state index is 13.9. The summed E-state index contributed by atoms with van der Waals surface area (Å²) in [5.41, 5.74) is 5.68. The van der Waals surface area contributed by atoms with Crippen molar-refractivity contribution in [3.63, 3.8) is 0 Å². The molecule has 0 amide bonds. The van der Waals surface area contributed by atoms with Gasteiger partial charge >= 0.3 is 5.97 Å². The molecule has 5 rings (SSSR count). The number of allylic oxidation sites excluding steroid dienone is 5. The van der Waals surface area contributed by atoms with Crippen molar-refractivity contribution in [3.8, 4) is 0 Å². The van der Waals surface area contributed by atoms with Gasteiger partial charge in [0.15, 0.2) is 0 Å². The largest absolute Gasteiger partial charge is 0.461 e. The Bertz CT molecular complexity index is 979. The molecule has 0 N–H and O–H groups in total. The molecule has 0 radical (unpaired) electrons. The molecule has 33 heavy (non-hydrogen) atoms. The molecule has 3 unspecified atom stereocenters. The van der Waals surface area contributed by atoms with Crippen LogP contribution in [0.1, 0.15) is 85.5 Å². The lowest BCUT2D eigenvalue weighted by molar-refractivity contribution is -0.155. The van der Waals surface area contributed by atoms with Crippen LogP contribution < -0.4 is 0 Å². The highest BCUT2D eigenvalue weighted by Crippen LogP contribution is 2.67. The molecule has 2 saturated heterocycles. The van der Waals surface area contributed by atoms with E-state index < -0.39 is 11.0 Å². The highest BCUT2D eigenvalue weighted by atomic mass is 16.6. The summed E-state index contributed by atoms with van der Waals surface area (Å²) in [6.07, 6.45) is 18.0. The van der Waals surface area contributed by atoms with Gasteiger partial charge in [-0.05, 0) is 84.6 Å². The second-order valence-corrected chi connectivity index (χ2v) is 11.5. The Morgan fingerprint density at radius 3 is 2.48 bits per heavy atom. The second-order valence-electron chi connectivity index (χ2n) is 11.5. The molecule has 3 heterocycles. The van der Waals surface area contributed by atoms with Gasteiger partial charge in [-0.1, -0.05) is 53.2 Å². The van der Waals surface area contributed by atoms with Crippen molar-refractivity contribution in [2.45, 2.75) is 103 Å². The molecule has 5 aliphatic rings. The third kappa shape index (κ3) is 3.62. The van der Waals surface area contributed by atoms with Gasteiger partial charge in [0.05, 0.1) is 11.7 Å². The van der Waals surface area contributed by atoms with Gasteiger partial charge in [-0.25, -0.2) is 0 Å². The molecular formula is C30H40O3. The Morgan fingerprint density at radius 2 is 1.70 bits per heavy atom. The van der Waals surface area contributed by atoms with Gasteiger partial charge in [0.25, 0.3) is 0 Å². The van der Waals surface area contributed by atoms with E-state index in [1.54, 1.807) is 0 Å². The van der Waals surface area contributed by atoms with Gasteiger partial charge in [0.2, 0.25) is 0 Å². The third-order valence-electron chi connectivity index (χ3n) is 9.05. The van der Waals surface area contributed by atoms with Gasteiger partial charge in [-0.2, -0.15) is 0 Å². The molecule has 5 bridgehead atoms. The van der Waals surface area contributed by atoms with Crippen LogP contribution in [-0.4, -0.2) is 23.8 Å². The number of ether oxygens (including phenoxy) is 2. The Balaban J connectivity index is 1.65. The summed E-state index contributed by atoms with van der Waals surface area (Å²) in [5.74, 6) is 0.214. The van der Waals surface area contributed by atoms with E-state index in [2.05, 4.69) is 58.6 Å². The van der Waals surface area contributed by atoms with Crippen LogP contribution in [0.25, 0.3) is 0 Å². The molecule has 3 aliphatic heterocycles. The highest BCUT2D eigenvalue weighted by Gasteiger charge is 2.76. The summed E-state index contributed by atoms with van der Waals surface area (Å²) < 4.78 is 13.4. The fourth-order valence-corrected chi connectivity index (χ4v) is 7.51. The minimum absolute atomic E-state index is 0.0189. The quantitative estimate of drug-likeness (QED) is 0.315. The Labute approximate surface area is 199 Å². The molecule has 0 aromatic rings. The van der Waals surface area contributed by atoms with Crippen molar-refractivity contribution >= 4 is 5.97 Å². The lowest BCUT2D eigenvalue weighted by atomic mass is 9.56. The van der Waals surface area contributed by atoms with Gasteiger partial charge in [-0.3, -0.25) is 4.79 Å². The van der Waals surface area contributed by atoms with Crippen LogP contribution in [0.5, 0.6) is 0 Å². The molecule has 6 atom stereocenters. The van der Waals surface area contributed by atoms with Gasteiger partial charge in [0.1, 0.15) is 11.5 Å². The van der Waals surface area contributed by atoms with Crippen LogP contribution in [0.2, 0.25) is 0 Å². The predicted molar refractivity (Wildman–Crippen MR) is 133 cm³/mol. The zero-order valence-electron chi connectivity index (χ0n) is 20.9. The maximum Gasteiger partial charge on any atom is 0.315 e. The van der Waals surface area contributed by atoms with E-state index in [0.717, 1.165) is 63.4 Å². The summed E-state index contributed by atoms with van der Waals surface area (Å²) >= 11 is 0. The molecule has 2 aliphatic carbocycles. The summed E-state index contributed by atoms with van der Waals surface area (Å²) in [4.78, 5) is 13.9. The number of hydrogen-bond donors (Lipinski definition) is 0. The third-order valence-corrected chi connectivity index (χ3v) is 9.05. The first-order chi connectivity index (χ1) is 15.8. The average molecular weight is 449 g/mol. The average Bonchev–Trinajstić information content (AvgIpc) is 3.33. The Morgan fingerprint density at radius 1 is 1.00 bits per heavy atom. The number of carbonyl (C=O) groups excluding carboxylic acids is 1. The highest BCUT2D eigenvalue weighted by molar-refractivity contribution is 5.83. The topological polar surface area (TPSA) is 35.5 Å². The molecule has 0 saturated carbocycles. The zero-order chi connectivity index (χ0) is 23.4. The minimum atomic E-state index is -0.570. The van der Waals surface area contributed by atoms with Crippen molar-refractivity contribution < 1.29 is 14.3 Å². The van der Waals surface area contributed by atoms with Gasteiger partial charge in [-0.15, -0.1) is 0 Å². The first-order valence-electron chi connectivity index (χ1n) is 13.0. The number of fused-ring (bicyclic) bond motifs is 2. The molecule has 3 heteroatoms. The molecular weight excluding hydrogens is 408 g/mol. The standard InChI is InChI=1S/C30H40O3/c1-19(2)24-15-14-21(4)12-8-16-30-26(25(24)32-28(30)31)29-17-22(5)11-6-9-20(3)10-7-13-23(18-29)27(30)33-29/h10-12,18,24-27H,1,6-9,13-17H2,2-5H3/b20-10+,21-12+,22-11+/t24?,25?,26?,27-,29+,30+/m1/s1. The molecule has 0 aromatic carbocycles. The Hall–Kier alpha value is -1.87. The fraction of sp³-hybridized carbons (Fsp3) is 0.633. The number of rotatable bonds is 1. The van der Waals surface area contributed by atoms with Gasteiger partial charge in [0, 0.05) is 18.3 Å². The van der Waals surface area contributed by atoms with E-state index in [-0.39, 0.29) is 30.0 Å². The van der Waals surface area contributed by atoms with Crippen LogP contribution in [-0.2, 0) is 14.3 Å². The lowest BCUT2D eigenvalue weighted by Gasteiger charge is -2.41. The SMILES string of the molecule is C=C(C)C1CC/C(C)=C/CC[C@]23C(=O)OC1C2[C@@]12C=C(CC/C=C(\C)CC/C=C(\C)C1)[C@H]3O2. The van der Waals surface area contributed by atoms with E-state index >= 15 is 0 Å². The van der Waals surface area contributed by atoms with E-state index in [1.165, 1.54) is 22.3 Å². The van der Waals surface area contributed by atoms with Gasteiger partial charge < -0.3 is 9.47 Å². The van der Waals surface area contributed by atoms with Crippen LogP contribution in [0.3, 0.4) is 0 Å². The predicted octanol–water partition coefficient (Wildman–Crippen LogP) is 7.16. The van der Waals surface area contributed by atoms with Crippen molar-refractivity contribution in [2.24, 2.45) is 17.3 Å². The minimum Gasteiger partial charge on any atom is -0.461 e. The number of esters is 1. The van der Waals surface area contributed by atoms with E-state index in [9.17, 15) is 4.79 Å². The number of carbonyl (C=O) groups is 1. The molecule has 1 spiro atoms. The van der Waals surface area contributed by atoms with E-state index in [1.807, 2.05) is 0 Å². The zero-order valence-corrected chi connectivity index (χ0v) is 20.9. The Kier molecular flexibility index (Phi) is 5.84. The number of hydrogen-bond acceptors (Lipinski definition) is 3. The molecule has 178 valence electrons. The smallest absolute Gasteiger partial charge is 0.315 e. The summed E-state index contributed by atoms with van der Waals surface area (Å²) in [6, 6.07) is 0. The van der Waals surface area contributed by atoms with E-state index in [0.29, 0.717) is 0 Å². The molecule has 3 nitrogen and oxygen atoms in total. The van der Waals surface area contributed by atoms with Crippen LogP contribution in [0, 0.1) is 17.3 Å². The van der Waals surface area contributed by atoms with Crippen molar-refractivity contribution in [1.29, 1.82) is 0 Å². The summed E-state index contributed by atoms with van der Waals surface area (Å²) in [6.45, 7) is 13.2. The lowest BCUT2D eigenvalue weighted by Crippen LogP contribution is -2.49. The van der Waals surface area contributed by atoms with Crippen LogP contribution in [0.4, 0.5) is 0 Å². The molecule has 0 aromatic heterocycles. The first-order valence-corrected chi connectivity index (χ1v) is 13.0. The van der Waals surface area contributed by atoms with Crippen molar-refractivity contribution in [2.75, 3.05) is 0 Å². The van der Waals surface area contributed by atoms with Crippen molar-refractivity contribution in [1.82, 2.24) is 0 Å². The fourth-order valence-electron chi connectivity index (χ4n) is 7.51. The normalized spacial score (nSPS) is 45.6. The van der Waals surface area contributed by atoms with Crippen LogP contribution >= 0.6 is 0 Å². The first kappa shape index (κ1) is 22.9. The summed E-state index contributed by atoms with van der Waals surface area (Å²) in [7, 11) is 0. The van der Waals surface area contributed by atoms with Crippen LogP contribution in [0.15, 0.2) is 58.7 Å². The monoisotopic (exact) mass is 448 g/mol. The maximum absolute atomic E-state index is 13.9. The summed E-state index contributed by atoms with van der Waals surface area (Å²) in [5, 5.41) is 0. The van der Waals surface area contributed by atoms with Crippen molar-refractivity contribution in [3.05, 3.63) is 58.7 Å². The molecule has 2 fully saturated rings. The van der Waals surface area contributed by atoms with E-state index in [4.69, 9.17) is 9.47 Å². The second kappa shape index (κ2) is 8.41.